The Morgan fingerprint density at radius 1 is 1.27 bits per heavy atom. The van der Waals surface area contributed by atoms with Crippen LogP contribution in [-0.4, -0.2) is 39.3 Å². The van der Waals surface area contributed by atoms with Crippen molar-refractivity contribution in [2.45, 2.75) is 46.2 Å². The number of rotatable bonds is 5. The number of amides is 2. The number of nitrogens with one attached hydrogen (secondary N) is 2. The van der Waals surface area contributed by atoms with Gasteiger partial charge in [0.15, 0.2) is 0 Å². The lowest BCUT2D eigenvalue weighted by Crippen LogP contribution is -2.49. The minimum Gasteiger partial charge on any atom is -0.345 e. The van der Waals surface area contributed by atoms with Crippen molar-refractivity contribution in [2.24, 2.45) is 5.92 Å². The zero-order valence-electron chi connectivity index (χ0n) is 15.6. The van der Waals surface area contributed by atoms with Crippen LogP contribution < -0.4 is 5.32 Å². The quantitative estimate of drug-likeness (QED) is 0.866. The molecule has 2 heterocycles. The molecule has 1 aromatic carbocycles. The van der Waals surface area contributed by atoms with Crippen LogP contribution in [0.2, 0.25) is 0 Å². The zero-order valence-corrected chi connectivity index (χ0v) is 15.6. The SMILES string of the molecule is CC(=O)N[C@@H](CC(C)C)C(=O)N1CCc2nc(-c3ccccc3)[nH]c2C1. The predicted molar refractivity (Wildman–Crippen MR) is 100 cm³/mol. The molecule has 1 aromatic heterocycles. The summed E-state index contributed by atoms with van der Waals surface area (Å²) in [5.41, 5.74) is 3.04. The monoisotopic (exact) mass is 354 g/mol. The minimum absolute atomic E-state index is 0.0181. The van der Waals surface area contributed by atoms with Gasteiger partial charge in [0.25, 0.3) is 0 Å². The van der Waals surface area contributed by atoms with Gasteiger partial charge in [-0.15, -0.1) is 0 Å². The van der Waals surface area contributed by atoms with Gasteiger partial charge < -0.3 is 15.2 Å². The molecule has 0 aliphatic carbocycles. The van der Waals surface area contributed by atoms with E-state index in [0.717, 1.165) is 29.2 Å². The van der Waals surface area contributed by atoms with E-state index in [1.165, 1.54) is 6.92 Å². The molecule has 6 heteroatoms. The molecular weight excluding hydrogens is 328 g/mol. The molecule has 2 aromatic rings. The molecule has 0 fully saturated rings. The first-order valence-electron chi connectivity index (χ1n) is 9.13. The van der Waals surface area contributed by atoms with Gasteiger partial charge in [-0.05, 0) is 12.3 Å². The van der Waals surface area contributed by atoms with Crippen LogP contribution in [0.15, 0.2) is 30.3 Å². The molecule has 2 amide bonds. The molecule has 1 atom stereocenters. The van der Waals surface area contributed by atoms with E-state index in [0.29, 0.717) is 25.4 Å². The smallest absolute Gasteiger partial charge is 0.245 e. The van der Waals surface area contributed by atoms with E-state index in [2.05, 4.69) is 24.1 Å². The van der Waals surface area contributed by atoms with E-state index < -0.39 is 6.04 Å². The number of aromatic amines is 1. The highest BCUT2D eigenvalue weighted by Gasteiger charge is 2.30. The fraction of sp³-hybridized carbons (Fsp3) is 0.450. The van der Waals surface area contributed by atoms with E-state index >= 15 is 0 Å². The standard InChI is InChI=1S/C20H26N4O2/c1-13(2)11-17(21-14(3)25)20(26)24-10-9-16-18(12-24)23-19(22-16)15-7-5-4-6-8-15/h4-8,13,17H,9-12H2,1-3H3,(H,21,25)(H,22,23)/t17-/m0/s1. The number of hydrogen-bond acceptors (Lipinski definition) is 3. The second-order valence-corrected chi connectivity index (χ2v) is 7.27. The van der Waals surface area contributed by atoms with Gasteiger partial charge in [-0.1, -0.05) is 44.2 Å². The van der Waals surface area contributed by atoms with Crippen LogP contribution >= 0.6 is 0 Å². The first kappa shape index (κ1) is 18.2. The van der Waals surface area contributed by atoms with Crippen molar-refractivity contribution in [1.29, 1.82) is 0 Å². The first-order valence-corrected chi connectivity index (χ1v) is 9.13. The molecule has 0 radical (unpaired) electrons. The maximum atomic E-state index is 12.9. The van der Waals surface area contributed by atoms with Crippen LogP contribution in [0.1, 0.15) is 38.6 Å². The molecule has 138 valence electrons. The van der Waals surface area contributed by atoms with Crippen LogP contribution in [0.4, 0.5) is 0 Å². The minimum atomic E-state index is -0.467. The third-order valence-corrected chi connectivity index (χ3v) is 4.57. The van der Waals surface area contributed by atoms with Gasteiger partial charge in [-0.25, -0.2) is 4.98 Å². The van der Waals surface area contributed by atoms with Gasteiger partial charge in [0, 0.05) is 25.5 Å². The topological polar surface area (TPSA) is 78.1 Å². The van der Waals surface area contributed by atoms with E-state index in [1.807, 2.05) is 35.2 Å². The van der Waals surface area contributed by atoms with Crippen molar-refractivity contribution < 1.29 is 9.59 Å². The molecule has 2 N–H and O–H groups in total. The highest BCUT2D eigenvalue weighted by molar-refractivity contribution is 5.87. The van der Waals surface area contributed by atoms with Crippen molar-refractivity contribution in [3.05, 3.63) is 41.7 Å². The summed E-state index contributed by atoms with van der Waals surface area (Å²) in [4.78, 5) is 34.3. The maximum Gasteiger partial charge on any atom is 0.245 e. The Labute approximate surface area is 154 Å². The van der Waals surface area contributed by atoms with Crippen molar-refractivity contribution in [3.8, 4) is 11.4 Å². The van der Waals surface area contributed by atoms with Crippen molar-refractivity contribution >= 4 is 11.8 Å². The molecule has 1 aliphatic rings. The Kier molecular flexibility index (Phi) is 5.40. The summed E-state index contributed by atoms with van der Waals surface area (Å²) in [5.74, 6) is 0.975. The van der Waals surface area contributed by atoms with Gasteiger partial charge in [-0.3, -0.25) is 9.59 Å². The molecule has 0 unspecified atom stereocenters. The summed E-state index contributed by atoms with van der Waals surface area (Å²) in [5, 5.41) is 2.81. The van der Waals surface area contributed by atoms with Crippen LogP contribution in [0.5, 0.6) is 0 Å². The fourth-order valence-electron chi connectivity index (χ4n) is 3.37. The highest BCUT2D eigenvalue weighted by Crippen LogP contribution is 2.23. The van der Waals surface area contributed by atoms with Gasteiger partial charge in [0.05, 0.1) is 17.9 Å². The van der Waals surface area contributed by atoms with Gasteiger partial charge in [0.1, 0.15) is 11.9 Å². The van der Waals surface area contributed by atoms with E-state index in [1.54, 1.807) is 0 Å². The number of imidazole rings is 1. The van der Waals surface area contributed by atoms with Crippen LogP contribution in [0, 0.1) is 5.92 Å². The Bertz CT molecular complexity index is 782. The molecule has 3 rings (SSSR count). The van der Waals surface area contributed by atoms with Crippen molar-refractivity contribution in [2.75, 3.05) is 6.54 Å². The van der Waals surface area contributed by atoms with Crippen LogP contribution in [0.25, 0.3) is 11.4 Å². The number of nitrogens with zero attached hydrogens (tertiary/aromatic N) is 2. The van der Waals surface area contributed by atoms with Gasteiger partial charge >= 0.3 is 0 Å². The third-order valence-electron chi connectivity index (χ3n) is 4.57. The van der Waals surface area contributed by atoms with Gasteiger partial charge in [0.2, 0.25) is 11.8 Å². The second kappa shape index (κ2) is 7.72. The number of hydrogen-bond donors (Lipinski definition) is 2. The normalized spacial score (nSPS) is 14.8. The lowest BCUT2D eigenvalue weighted by molar-refractivity contribution is -0.137. The molecule has 0 saturated heterocycles. The summed E-state index contributed by atoms with van der Waals surface area (Å²) in [6.45, 7) is 6.69. The molecule has 0 saturated carbocycles. The number of carbonyl (C=O) groups is 2. The number of fused-ring (bicyclic) bond motifs is 1. The van der Waals surface area contributed by atoms with E-state index in [4.69, 9.17) is 4.98 Å². The Balaban J connectivity index is 1.75. The molecule has 6 nitrogen and oxygen atoms in total. The molecular formula is C20H26N4O2. The number of carbonyl (C=O) groups excluding carboxylic acids is 2. The molecule has 0 spiro atoms. The van der Waals surface area contributed by atoms with Gasteiger partial charge in [-0.2, -0.15) is 0 Å². The lowest BCUT2D eigenvalue weighted by atomic mass is 10.0. The van der Waals surface area contributed by atoms with E-state index in [-0.39, 0.29) is 11.8 Å². The highest BCUT2D eigenvalue weighted by atomic mass is 16.2. The molecule has 26 heavy (non-hydrogen) atoms. The number of aromatic nitrogens is 2. The van der Waals surface area contributed by atoms with Crippen LogP contribution in [0.3, 0.4) is 0 Å². The zero-order chi connectivity index (χ0) is 18.7. The van der Waals surface area contributed by atoms with Crippen molar-refractivity contribution in [3.63, 3.8) is 0 Å². The molecule has 1 aliphatic heterocycles. The Hall–Kier alpha value is -2.63. The van der Waals surface area contributed by atoms with E-state index in [9.17, 15) is 9.59 Å². The maximum absolute atomic E-state index is 12.9. The second-order valence-electron chi connectivity index (χ2n) is 7.27. The number of H-pyrrole nitrogens is 1. The summed E-state index contributed by atoms with van der Waals surface area (Å²) in [6, 6.07) is 9.51. The predicted octanol–water partition coefficient (Wildman–Crippen LogP) is 2.51. The third kappa shape index (κ3) is 4.12. The average Bonchev–Trinajstić information content (AvgIpc) is 3.03. The fourth-order valence-corrected chi connectivity index (χ4v) is 3.37. The summed E-state index contributed by atoms with van der Waals surface area (Å²) >= 11 is 0. The lowest BCUT2D eigenvalue weighted by Gasteiger charge is -2.30. The summed E-state index contributed by atoms with van der Waals surface area (Å²) in [7, 11) is 0. The first-order chi connectivity index (χ1) is 12.4. The summed E-state index contributed by atoms with van der Waals surface area (Å²) in [6.07, 6.45) is 1.36. The Morgan fingerprint density at radius 3 is 2.65 bits per heavy atom. The molecule has 0 bridgehead atoms. The number of benzene rings is 1. The van der Waals surface area contributed by atoms with Crippen molar-refractivity contribution in [1.82, 2.24) is 20.2 Å². The average molecular weight is 354 g/mol. The van der Waals surface area contributed by atoms with Crippen LogP contribution in [-0.2, 0) is 22.6 Å². The Morgan fingerprint density at radius 2 is 2.00 bits per heavy atom. The largest absolute Gasteiger partial charge is 0.345 e. The summed E-state index contributed by atoms with van der Waals surface area (Å²) < 4.78 is 0.